The molecule has 31 heavy (non-hydrogen) atoms. The van der Waals surface area contributed by atoms with Crippen molar-refractivity contribution in [3.05, 3.63) is 62.6 Å². The molecule has 2 N–H and O–H groups in total. The number of aromatic nitrogens is 2. The summed E-state index contributed by atoms with van der Waals surface area (Å²) in [7, 11) is 0. The van der Waals surface area contributed by atoms with Crippen LogP contribution < -0.4 is 20.8 Å². The third kappa shape index (κ3) is 5.49. The second-order valence-corrected chi connectivity index (χ2v) is 7.61. The van der Waals surface area contributed by atoms with Crippen molar-refractivity contribution in [3.63, 3.8) is 0 Å². The zero-order valence-corrected chi connectivity index (χ0v) is 18.9. The van der Waals surface area contributed by atoms with E-state index >= 15 is 0 Å². The molecule has 8 nitrogen and oxygen atoms in total. The van der Waals surface area contributed by atoms with Crippen molar-refractivity contribution in [2.45, 2.75) is 26.7 Å². The number of amides is 1. The van der Waals surface area contributed by atoms with E-state index in [1.165, 1.54) is 4.68 Å². The number of nitrogens with two attached hydrogens (primary N) is 1. The molecule has 0 atom stereocenters. The van der Waals surface area contributed by atoms with Crippen LogP contribution in [-0.4, -0.2) is 35.0 Å². The van der Waals surface area contributed by atoms with Gasteiger partial charge >= 0.3 is 0 Å². The average Bonchev–Trinajstić information content (AvgIpc) is 2.74. The molecule has 1 aromatic heterocycles. The Morgan fingerprint density at radius 2 is 2.00 bits per heavy atom. The van der Waals surface area contributed by atoms with Gasteiger partial charge in [0, 0.05) is 10.9 Å². The van der Waals surface area contributed by atoms with Crippen molar-refractivity contribution < 1.29 is 14.3 Å². The molecule has 2 aromatic carbocycles. The Balaban J connectivity index is 2.01. The molecule has 0 aliphatic rings. The third-order valence-electron chi connectivity index (χ3n) is 4.31. The lowest BCUT2D eigenvalue weighted by molar-refractivity contribution is -0.119. The number of hydrogen-bond acceptors (Lipinski definition) is 6. The van der Waals surface area contributed by atoms with Gasteiger partial charge in [-0.3, -0.25) is 9.59 Å². The quantitative estimate of drug-likeness (QED) is 0.466. The molecule has 162 valence electrons. The fraction of sp³-hybridized carbons (Fsp3) is 0.273. The van der Waals surface area contributed by atoms with Gasteiger partial charge in [-0.1, -0.05) is 22.9 Å². The van der Waals surface area contributed by atoms with Gasteiger partial charge in [-0.05, 0) is 55.3 Å². The van der Waals surface area contributed by atoms with Crippen LogP contribution in [0, 0.1) is 0 Å². The van der Waals surface area contributed by atoms with Gasteiger partial charge in [-0.25, -0.2) is 4.98 Å². The second-order valence-electron chi connectivity index (χ2n) is 6.70. The van der Waals surface area contributed by atoms with Crippen LogP contribution >= 0.6 is 15.9 Å². The highest BCUT2D eigenvalue weighted by Gasteiger charge is 2.11. The normalized spacial score (nSPS) is 11.2. The first kappa shape index (κ1) is 22.5. The van der Waals surface area contributed by atoms with Gasteiger partial charge in [0.25, 0.3) is 11.5 Å². The number of carbonyl (C=O) groups excluding carboxylic acids is 1. The maximum Gasteiger partial charge on any atom is 0.282 e. The Bertz CT molecular complexity index is 1190. The van der Waals surface area contributed by atoms with Crippen LogP contribution in [0.25, 0.3) is 10.9 Å². The van der Waals surface area contributed by atoms with Crippen molar-refractivity contribution in [3.8, 4) is 11.5 Å². The van der Waals surface area contributed by atoms with Crippen LogP contribution in [0.2, 0.25) is 0 Å². The first-order valence-electron chi connectivity index (χ1n) is 9.86. The molecule has 0 saturated heterocycles. The summed E-state index contributed by atoms with van der Waals surface area (Å²) in [5, 5.41) is 4.89. The number of carbonyl (C=O) groups is 1. The van der Waals surface area contributed by atoms with Gasteiger partial charge in [0.15, 0.2) is 18.1 Å². The first-order chi connectivity index (χ1) is 14.9. The fourth-order valence-electron chi connectivity index (χ4n) is 2.97. The fourth-order valence-corrected chi connectivity index (χ4v) is 3.33. The number of aryl methyl sites for hydroxylation is 1. The highest BCUT2D eigenvalue weighted by atomic mass is 79.9. The Kier molecular flexibility index (Phi) is 7.41. The molecule has 1 heterocycles. The number of rotatable bonds is 9. The number of fused-ring (bicyclic) bond motifs is 1. The number of primary amides is 1. The second kappa shape index (κ2) is 10.2. The maximum absolute atomic E-state index is 13.1. The molecule has 0 aliphatic heterocycles. The zero-order valence-electron chi connectivity index (χ0n) is 17.3. The summed E-state index contributed by atoms with van der Waals surface area (Å²) in [4.78, 5) is 28.7. The molecule has 9 heteroatoms. The summed E-state index contributed by atoms with van der Waals surface area (Å²) in [5.41, 5.74) is 6.23. The molecule has 0 radical (unpaired) electrons. The summed E-state index contributed by atoms with van der Waals surface area (Å²) in [6.07, 6.45) is 3.00. The zero-order chi connectivity index (χ0) is 22.4. The number of halogens is 1. The van der Waals surface area contributed by atoms with Crippen LogP contribution in [0.1, 0.15) is 31.7 Å². The van der Waals surface area contributed by atoms with Gasteiger partial charge in [0.05, 0.1) is 23.7 Å². The lowest BCUT2D eigenvalue weighted by Gasteiger charge is -2.12. The number of benzene rings is 2. The smallest absolute Gasteiger partial charge is 0.282 e. The van der Waals surface area contributed by atoms with E-state index in [0.717, 1.165) is 10.9 Å². The Morgan fingerprint density at radius 3 is 2.71 bits per heavy atom. The van der Waals surface area contributed by atoms with Crippen LogP contribution in [0.15, 0.2) is 50.8 Å². The van der Waals surface area contributed by atoms with Gasteiger partial charge in [0.1, 0.15) is 5.82 Å². The van der Waals surface area contributed by atoms with Gasteiger partial charge in [-0.15, -0.1) is 0 Å². The Labute approximate surface area is 187 Å². The van der Waals surface area contributed by atoms with E-state index in [1.807, 2.05) is 26.0 Å². The van der Waals surface area contributed by atoms with Gasteiger partial charge in [-0.2, -0.15) is 9.78 Å². The SMILES string of the molecule is CCCc1nc2ccc(Br)cc2c(=O)n1N=Cc1ccc(OCC(N)=O)c(OCC)c1. The van der Waals surface area contributed by atoms with Crippen LogP contribution in [0.3, 0.4) is 0 Å². The predicted octanol–water partition coefficient (Wildman–Crippen LogP) is 3.26. The molecule has 0 bridgehead atoms. The standard InChI is InChI=1S/C22H23BrN4O4/c1-3-5-21-26-17-8-7-15(23)11-16(17)22(29)27(21)25-12-14-6-9-18(31-13-20(24)28)19(10-14)30-4-2/h6-12H,3-5,13H2,1-2H3,(H2,24,28). The molecule has 0 unspecified atom stereocenters. The van der Waals surface area contributed by atoms with Crippen molar-refractivity contribution >= 4 is 39.0 Å². The third-order valence-corrected chi connectivity index (χ3v) is 4.80. The van der Waals surface area contributed by atoms with E-state index in [4.69, 9.17) is 15.2 Å². The van der Waals surface area contributed by atoms with E-state index in [9.17, 15) is 9.59 Å². The van der Waals surface area contributed by atoms with Gasteiger partial charge in [0.2, 0.25) is 0 Å². The number of nitrogens with zero attached hydrogens (tertiary/aromatic N) is 3. The largest absolute Gasteiger partial charge is 0.490 e. The van der Waals surface area contributed by atoms with E-state index in [2.05, 4.69) is 26.0 Å². The van der Waals surface area contributed by atoms with Crippen molar-refractivity contribution in [1.82, 2.24) is 9.66 Å². The van der Waals surface area contributed by atoms with Crippen LogP contribution in [0.5, 0.6) is 11.5 Å². The molecule has 3 rings (SSSR count). The van der Waals surface area contributed by atoms with E-state index in [-0.39, 0.29) is 12.2 Å². The highest BCUT2D eigenvalue weighted by molar-refractivity contribution is 9.10. The molecule has 3 aromatic rings. The van der Waals surface area contributed by atoms with E-state index in [1.54, 1.807) is 30.5 Å². The summed E-state index contributed by atoms with van der Waals surface area (Å²) in [6, 6.07) is 10.5. The number of ether oxygens (including phenoxy) is 2. The van der Waals surface area contributed by atoms with Crippen LogP contribution in [-0.2, 0) is 11.2 Å². The maximum atomic E-state index is 13.1. The topological polar surface area (TPSA) is 109 Å². The van der Waals surface area contributed by atoms with Crippen molar-refractivity contribution in [2.75, 3.05) is 13.2 Å². The average molecular weight is 487 g/mol. The van der Waals surface area contributed by atoms with Crippen LogP contribution in [0.4, 0.5) is 0 Å². The minimum atomic E-state index is -0.577. The lowest BCUT2D eigenvalue weighted by Crippen LogP contribution is -2.22. The molecular weight excluding hydrogens is 464 g/mol. The molecular formula is C22H23BrN4O4. The first-order valence-corrected chi connectivity index (χ1v) is 10.7. The Hall–Kier alpha value is -3.20. The highest BCUT2D eigenvalue weighted by Crippen LogP contribution is 2.28. The van der Waals surface area contributed by atoms with E-state index in [0.29, 0.717) is 46.8 Å². The monoisotopic (exact) mass is 486 g/mol. The molecule has 0 fully saturated rings. The number of hydrogen-bond donors (Lipinski definition) is 1. The molecule has 0 saturated carbocycles. The summed E-state index contributed by atoms with van der Waals surface area (Å²) in [5.74, 6) is 0.865. The predicted molar refractivity (Wildman–Crippen MR) is 123 cm³/mol. The summed E-state index contributed by atoms with van der Waals surface area (Å²) in [6.45, 7) is 4.03. The molecule has 0 spiro atoms. The van der Waals surface area contributed by atoms with Crippen molar-refractivity contribution in [1.29, 1.82) is 0 Å². The molecule has 0 aliphatic carbocycles. The summed E-state index contributed by atoms with van der Waals surface area (Å²) >= 11 is 3.40. The minimum absolute atomic E-state index is 0.238. The lowest BCUT2D eigenvalue weighted by atomic mass is 10.2. The minimum Gasteiger partial charge on any atom is -0.490 e. The molecule has 1 amide bonds. The Morgan fingerprint density at radius 1 is 1.19 bits per heavy atom. The summed E-state index contributed by atoms with van der Waals surface area (Å²) < 4.78 is 13.1. The van der Waals surface area contributed by atoms with Crippen molar-refractivity contribution in [2.24, 2.45) is 10.8 Å². The van der Waals surface area contributed by atoms with Gasteiger partial charge < -0.3 is 15.2 Å². The van der Waals surface area contributed by atoms with E-state index < -0.39 is 5.91 Å².